The summed E-state index contributed by atoms with van der Waals surface area (Å²) in [5, 5.41) is 11.2. The summed E-state index contributed by atoms with van der Waals surface area (Å²) >= 11 is 0. The molecule has 29 heavy (non-hydrogen) atoms. The van der Waals surface area contributed by atoms with Crippen LogP contribution in [-0.4, -0.2) is 76.8 Å². The van der Waals surface area contributed by atoms with Crippen LogP contribution >= 0.6 is 0 Å². The molecule has 8 nitrogen and oxygen atoms in total. The molecule has 2 heterocycles. The van der Waals surface area contributed by atoms with Crippen molar-refractivity contribution in [2.45, 2.75) is 59.0 Å². The largest absolute Gasteiger partial charge is 0.357 e. The van der Waals surface area contributed by atoms with Gasteiger partial charge in [0, 0.05) is 57.1 Å². The van der Waals surface area contributed by atoms with Gasteiger partial charge in [-0.1, -0.05) is 13.8 Å². The fraction of sp³-hybridized carbons (Fsp3) is 0.762. The zero-order valence-electron chi connectivity index (χ0n) is 18.5. The second kappa shape index (κ2) is 10.1. The molecule has 1 amide bonds. The fourth-order valence-corrected chi connectivity index (χ4v) is 3.97. The highest BCUT2D eigenvalue weighted by Crippen LogP contribution is 2.19. The molecule has 1 aliphatic heterocycles. The molecule has 1 aliphatic carbocycles. The van der Waals surface area contributed by atoms with Crippen LogP contribution in [-0.2, 0) is 31.2 Å². The molecule has 1 aromatic rings. The monoisotopic (exact) mass is 403 g/mol. The van der Waals surface area contributed by atoms with E-state index in [-0.39, 0.29) is 5.91 Å². The summed E-state index contributed by atoms with van der Waals surface area (Å²) in [6.07, 6.45) is 4.17. The van der Waals surface area contributed by atoms with Gasteiger partial charge in [-0.05, 0) is 32.6 Å². The van der Waals surface area contributed by atoms with Crippen LogP contribution in [0.5, 0.6) is 0 Å². The van der Waals surface area contributed by atoms with Gasteiger partial charge >= 0.3 is 0 Å². The fourth-order valence-electron chi connectivity index (χ4n) is 3.97. The molecule has 0 radical (unpaired) electrons. The lowest BCUT2D eigenvalue weighted by Crippen LogP contribution is -2.54. The maximum Gasteiger partial charge on any atom is 0.234 e. The third-order valence-corrected chi connectivity index (χ3v) is 5.73. The van der Waals surface area contributed by atoms with Crippen LogP contribution in [0.15, 0.2) is 4.99 Å². The van der Waals surface area contributed by atoms with Crippen molar-refractivity contribution in [2.75, 3.05) is 39.3 Å². The SMILES string of the molecule is CCNC(=NCc1c(CC)nn(C)c1CC)N1CCN(CC(=O)NC2CC2)CC1. The summed E-state index contributed by atoms with van der Waals surface area (Å²) in [5.41, 5.74) is 3.69. The van der Waals surface area contributed by atoms with Gasteiger partial charge in [-0.25, -0.2) is 4.99 Å². The van der Waals surface area contributed by atoms with Crippen LogP contribution in [0.3, 0.4) is 0 Å². The van der Waals surface area contributed by atoms with E-state index in [9.17, 15) is 4.79 Å². The Hall–Kier alpha value is -2.09. The number of hydrogen-bond acceptors (Lipinski definition) is 4. The molecule has 0 aromatic carbocycles. The van der Waals surface area contributed by atoms with E-state index in [1.807, 2.05) is 11.7 Å². The van der Waals surface area contributed by atoms with Gasteiger partial charge in [0.05, 0.1) is 18.8 Å². The number of carbonyl (C=O) groups is 1. The first-order chi connectivity index (χ1) is 14.0. The number of aliphatic imine (C=N–C) groups is 1. The second-order valence-electron chi connectivity index (χ2n) is 7.98. The molecule has 1 saturated carbocycles. The Balaban J connectivity index is 1.59. The first-order valence-corrected chi connectivity index (χ1v) is 11.1. The number of amides is 1. The van der Waals surface area contributed by atoms with Gasteiger partial charge in [0.2, 0.25) is 5.91 Å². The molecule has 8 heteroatoms. The first-order valence-electron chi connectivity index (χ1n) is 11.1. The van der Waals surface area contributed by atoms with E-state index in [1.165, 1.54) is 11.3 Å². The number of aromatic nitrogens is 2. The quantitative estimate of drug-likeness (QED) is 0.498. The molecule has 3 rings (SSSR count). The lowest BCUT2D eigenvalue weighted by atomic mass is 10.1. The summed E-state index contributed by atoms with van der Waals surface area (Å²) in [4.78, 5) is 21.6. The summed E-state index contributed by atoms with van der Waals surface area (Å²) in [7, 11) is 2.02. The van der Waals surface area contributed by atoms with Gasteiger partial charge in [0.25, 0.3) is 0 Å². The van der Waals surface area contributed by atoms with Crippen molar-refractivity contribution in [3.63, 3.8) is 0 Å². The van der Waals surface area contributed by atoms with Gasteiger partial charge in [-0.3, -0.25) is 14.4 Å². The average molecular weight is 404 g/mol. The van der Waals surface area contributed by atoms with Crippen molar-refractivity contribution in [1.82, 2.24) is 30.2 Å². The van der Waals surface area contributed by atoms with Crippen molar-refractivity contribution in [3.8, 4) is 0 Å². The molecule has 2 N–H and O–H groups in total. The Kier molecular flexibility index (Phi) is 7.52. The van der Waals surface area contributed by atoms with Gasteiger partial charge in [-0.2, -0.15) is 5.10 Å². The van der Waals surface area contributed by atoms with Crippen molar-refractivity contribution >= 4 is 11.9 Å². The van der Waals surface area contributed by atoms with Gasteiger partial charge in [-0.15, -0.1) is 0 Å². The molecule has 0 unspecified atom stereocenters. The van der Waals surface area contributed by atoms with Crippen molar-refractivity contribution in [1.29, 1.82) is 0 Å². The molecule has 1 aromatic heterocycles. The van der Waals surface area contributed by atoms with Crippen LogP contribution < -0.4 is 10.6 Å². The van der Waals surface area contributed by atoms with Crippen LogP contribution in [0, 0.1) is 0 Å². The summed E-state index contributed by atoms with van der Waals surface area (Å²) < 4.78 is 2.00. The smallest absolute Gasteiger partial charge is 0.234 e. The van der Waals surface area contributed by atoms with E-state index in [2.05, 4.69) is 46.3 Å². The zero-order chi connectivity index (χ0) is 20.8. The van der Waals surface area contributed by atoms with Crippen molar-refractivity contribution in [2.24, 2.45) is 12.0 Å². The van der Waals surface area contributed by atoms with Crippen LogP contribution in [0.2, 0.25) is 0 Å². The third kappa shape index (κ3) is 5.72. The molecule has 0 atom stereocenters. The van der Waals surface area contributed by atoms with Crippen LogP contribution in [0.4, 0.5) is 0 Å². The molecule has 1 saturated heterocycles. The Morgan fingerprint density at radius 1 is 1.14 bits per heavy atom. The lowest BCUT2D eigenvalue weighted by Gasteiger charge is -2.36. The topological polar surface area (TPSA) is 77.8 Å². The Morgan fingerprint density at radius 3 is 2.45 bits per heavy atom. The molecule has 2 aliphatic rings. The number of carbonyl (C=O) groups excluding carboxylic acids is 1. The normalized spacial score (nSPS) is 18.2. The summed E-state index contributed by atoms with van der Waals surface area (Å²) in [6, 6.07) is 0.435. The van der Waals surface area contributed by atoms with Crippen LogP contribution in [0.25, 0.3) is 0 Å². The number of nitrogens with zero attached hydrogens (tertiary/aromatic N) is 5. The summed E-state index contributed by atoms with van der Waals surface area (Å²) in [6.45, 7) is 12.0. The molecule has 2 fully saturated rings. The minimum absolute atomic E-state index is 0.164. The average Bonchev–Trinajstić information content (AvgIpc) is 3.46. The van der Waals surface area contributed by atoms with Crippen molar-refractivity contribution < 1.29 is 4.79 Å². The van der Waals surface area contributed by atoms with E-state index < -0.39 is 0 Å². The highest BCUT2D eigenvalue weighted by molar-refractivity contribution is 5.80. The molecule has 0 spiro atoms. The minimum Gasteiger partial charge on any atom is -0.357 e. The standard InChI is InChI=1S/C21H37N7O/c1-5-18-17(19(6-2)26(4)25-18)14-23-21(22-7-3)28-12-10-27(11-13-28)15-20(29)24-16-8-9-16/h16H,5-15H2,1-4H3,(H,22,23)(H,24,29). The van der Waals surface area contributed by atoms with E-state index in [0.717, 1.165) is 70.1 Å². The Bertz CT molecular complexity index is 715. The maximum atomic E-state index is 12.1. The van der Waals surface area contributed by atoms with E-state index in [1.54, 1.807) is 0 Å². The first kappa shape index (κ1) is 21.6. The minimum atomic E-state index is 0.164. The maximum absolute atomic E-state index is 12.1. The zero-order valence-corrected chi connectivity index (χ0v) is 18.5. The van der Waals surface area contributed by atoms with Gasteiger partial charge in [0.15, 0.2) is 5.96 Å². The number of rotatable bonds is 8. The number of aryl methyl sites for hydroxylation is 2. The van der Waals surface area contributed by atoms with Crippen molar-refractivity contribution in [3.05, 3.63) is 17.0 Å². The predicted molar refractivity (Wildman–Crippen MR) is 116 cm³/mol. The highest BCUT2D eigenvalue weighted by atomic mass is 16.2. The molecule has 162 valence electrons. The van der Waals surface area contributed by atoms with Crippen LogP contribution in [0.1, 0.15) is 50.6 Å². The van der Waals surface area contributed by atoms with E-state index >= 15 is 0 Å². The number of piperazine rings is 1. The number of hydrogen-bond donors (Lipinski definition) is 2. The van der Waals surface area contributed by atoms with E-state index in [0.29, 0.717) is 19.1 Å². The number of nitrogens with one attached hydrogen (secondary N) is 2. The lowest BCUT2D eigenvalue weighted by molar-refractivity contribution is -0.122. The Morgan fingerprint density at radius 2 is 1.86 bits per heavy atom. The molecule has 0 bridgehead atoms. The molecular formula is C21H37N7O. The predicted octanol–water partition coefficient (Wildman–Crippen LogP) is 0.907. The number of guanidine groups is 1. The Labute approximate surface area is 174 Å². The highest BCUT2D eigenvalue weighted by Gasteiger charge is 2.26. The van der Waals surface area contributed by atoms with Gasteiger partial charge in [0.1, 0.15) is 0 Å². The second-order valence-corrected chi connectivity index (χ2v) is 7.98. The van der Waals surface area contributed by atoms with E-state index in [4.69, 9.17) is 4.99 Å². The van der Waals surface area contributed by atoms with Gasteiger partial charge < -0.3 is 15.5 Å². The third-order valence-electron chi connectivity index (χ3n) is 5.73. The molecular weight excluding hydrogens is 366 g/mol. The summed E-state index contributed by atoms with van der Waals surface area (Å²) in [5.74, 6) is 1.12.